The van der Waals surface area contributed by atoms with E-state index in [1.807, 2.05) is 6.07 Å². The Kier molecular flexibility index (Phi) is 4.55. The average Bonchev–Trinajstić information content (AvgIpc) is 2.45. The number of ether oxygens (including phenoxy) is 2. The summed E-state index contributed by atoms with van der Waals surface area (Å²) in [5.74, 6) is -0.463. The van der Waals surface area contributed by atoms with E-state index in [2.05, 4.69) is 0 Å². The molecule has 5 nitrogen and oxygen atoms in total. The second-order valence-corrected chi connectivity index (χ2v) is 5.85. The van der Waals surface area contributed by atoms with Gasteiger partial charge in [0.15, 0.2) is 0 Å². The molecule has 0 aromatic heterocycles. The van der Waals surface area contributed by atoms with Crippen LogP contribution in [0.3, 0.4) is 0 Å². The summed E-state index contributed by atoms with van der Waals surface area (Å²) in [6, 6.07) is 5.33. The normalized spacial score (nSPS) is 13.5. The number of hydrogen-bond acceptors (Lipinski definition) is 5. The molecule has 0 N–H and O–H groups in total. The zero-order valence-electron chi connectivity index (χ0n) is 12.5. The molecule has 0 unspecified atom stereocenters. The maximum Gasteiger partial charge on any atom is 0.370 e. The number of carbonyl (C=O) groups is 2. The monoisotopic (exact) mass is 289 g/mol. The van der Waals surface area contributed by atoms with Crippen molar-refractivity contribution in [1.82, 2.24) is 0 Å². The number of hydrogen-bond donors (Lipinski definition) is 0. The fourth-order valence-corrected chi connectivity index (χ4v) is 1.87. The van der Waals surface area contributed by atoms with Gasteiger partial charge in [-0.05, 0) is 45.1 Å². The Hall–Kier alpha value is -1.98. The quantitative estimate of drug-likeness (QED) is 0.485. The summed E-state index contributed by atoms with van der Waals surface area (Å²) in [5, 5.41) is 0. The fraction of sp³-hybridized carbons (Fsp3) is 0.467. The van der Waals surface area contributed by atoms with E-state index in [-0.39, 0.29) is 0 Å². The van der Waals surface area contributed by atoms with Crippen LogP contribution in [-0.4, -0.2) is 26.2 Å². The summed E-state index contributed by atoms with van der Waals surface area (Å²) >= 11 is 0. The number of para-hydroxylation sites is 1. The van der Waals surface area contributed by atoms with Gasteiger partial charge >= 0.3 is 19.4 Å². The average molecular weight is 289 g/mol. The van der Waals surface area contributed by atoms with Crippen LogP contribution in [0.1, 0.15) is 36.7 Å². The Balaban J connectivity index is 1.97. The molecule has 1 aromatic carbocycles. The summed E-state index contributed by atoms with van der Waals surface area (Å²) in [6.45, 7) is 4.79. The molecule has 1 radical (unpaired) electrons. The third-order valence-electron chi connectivity index (χ3n) is 3.04. The smallest absolute Gasteiger partial charge is 0.370 e. The molecule has 21 heavy (non-hydrogen) atoms. The molecule has 0 bridgehead atoms. The largest absolute Gasteiger partial charge is 0.562 e. The molecular formula is C15H18BO5. The standard InChI is InChI=1S/C15H18BO5/c1-15(2,3)14(18)20-9-19-13(17)11-6-4-5-10-7-8-16-21-12(10)11/h4-6H,7-9H2,1-3H3. The van der Waals surface area contributed by atoms with E-state index in [1.165, 1.54) is 0 Å². The van der Waals surface area contributed by atoms with Gasteiger partial charge in [-0.2, -0.15) is 0 Å². The lowest BCUT2D eigenvalue weighted by Crippen LogP contribution is -2.25. The van der Waals surface area contributed by atoms with Gasteiger partial charge in [-0.25, -0.2) is 4.79 Å². The summed E-state index contributed by atoms with van der Waals surface area (Å²) in [4.78, 5) is 23.6. The highest BCUT2D eigenvalue weighted by atomic mass is 16.7. The van der Waals surface area contributed by atoms with Crippen LogP contribution < -0.4 is 4.65 Å². The van der Waals surface area contributed by atoms with Crippen LogP contribution in [0, 0.1) is 5.41 Å². The molecule has 0 saturated heterocycles. The van der Waals surface area contributed by atoms with E-state index in [1.54, 1.807) is 40.4 Å². The lowest BCUT2D eigenvalue weighted by Gasteiger charge is -2.19. The van der Waals surface area contributed by atoms with E-state index in [0.717, 1.165) is 18.3 Å². The molecule has 0 spiro atoms. The summed E-state index contributed by atoms with van der Waals surface area (Å²) < 4.78 is 15.3. The molecule has 0 saturated carbocycles. The number of aryl methyl sites for hydroxylation is 1. The first kappa shape index (κ1) is 15.4. The van der Waals surface area contributed by atoms with E-state index in [9.17, 15) is 9.59 Å². The van der Waals surface area contributed by atoms with Crippen LogP contribution in [0.2, 0.25) is 6.32 Å². The van der Waals surface area contributed by atoms with E-state index in [0.29, 0.717) is 11.3 Å². The minimum absolute atomic E-state index is 0.343. The lowest BCUT2D eigenvalue weighted by atomic mass is 9.85. The van der Waals surface area contributed by atoms with Crippen molar-refractivity contribution in [3.63, 3.8) is 0 Å². The van der Waals surface area contributed by atoms with E-state index < -0.39 is 24.1 Å². The second kappa shape index (κ2) is 6.20. The Bertz CT molecular complexity index is 547. The van der Waals surface area contributed by atoms with Gasteiger partial charge in [0.05, 0.1) is 5.41 Å². The first-order valence-electron chi connectivity index (χ1n) is 6.84. The van der Waals surface area contributed by atoms with Gasteiger partial charge in [0.25, 0.3) is 0 Å². The molecule has 1 aliphatic heterocycles. The lowest BCUT2D eigenvalue weighted by molar-refractivity contribution is -0.161. The first-order valence-corrected chi connectivity index (χ1v) is 6.84. The van der Waals surface area contributed by atoms with Crippen molar-refractivity contribution in [2.75, 3.05) is 6.79 Å². The molecule has 0 aliphatic carbocycles. The molecule has 2 rings (SSSR count). The zero-order chi connectivity index (χ0) is 15.5. The van der Waals surface area contributed by atoms with Crippen molar-refractivity contribution in [3.05, 3.63) is 29.3 Å². The third kappa shape index (κ3) is 3.77. The number of rotatable bonds is 3. The van der Waals surface area contributed by atoms with Crippen molar-refractivity contribution in [2.45, 2.75) is 33.5 Å². The molecule has 0 fully saturated rings. The van der Waals surface area contributed by atoms with Crippen LogP contribution in [0.4, 0.5) is 0 Å². The van der Waals surface area contributed by atoms with Crippen LogP contribution in [0.25, 0.3) is 0 Å². The Morgan fingerprint density at radius 2 is 2.05 bits per heavy atom. The highest BCUT2D eigenvalue weighted by Gasteiger charge is 2.24. The maximum absolute atomic E-state index is 12.0. The number of benzene rings is 1. The molecule has 0 amide bonds. The molecule has 111 valence electrons. The molecule has 0 atom stereocenters. The van der Waals surface area contributed by atoms with Crippen molar-refractivity contribution in [3.8, 4) is 5.75 Å². The highest BCUT2D eigenvalue weighted by molar-refractivity contribution is 6.29. The third-order valence-corrected chi connectivity index (χ3v) is 3.04. The minimum atomic E-state index is -0.629. The molecule has 1 heterocycles. The number of esters is 2. The molecule has 1 aliphatic rings. The fourth-order valence-electron chi connectivity index (χ4n) is 1.87. The van der Waals surface area contributed by atoms with Crippen molar-refractivity contribution < 1.29 is 23.7 Å². The van der Waals surface area contributed by atoms with Gasteiger partial charge in [-0.3, -0.25) is 4.79 Å². The Morgan fingerprint density at radius 1 is 1.29 bits per heavy atom. The van der Waals surface area contributed by atoms with Crippen molar-refractivity contribution in [1.29, 1.82) is 0 Å². The van der Waals surface area contributed by atoms with E-state index in [4.69, 9.17) is 14.1 Å². The zero-order valence-corrected chi connectivity index (χ0v) is 12.5. The van der Waals surface area contributed by atoms with E-state index >= 15 is 0 Å². The van der Waals surface area contributed by atoms with Crippen LogP contribution in [-0.2, 0) is 20.7 Å². The van der Waals surface area contributed by atoms with Gasteiger partial charge in [0.1, 0.15) is 11.3 Å². The van der Waals surface area contributed by atoms with Gasteiger partial charge in [-0.1, -0.05) is 12.1 Å². The summed E-state index contributed by atoms with van der Waals surface area (Å²) in [5.41, 5.74) is 0.685. The molecule has 6 heteroatoms. The van der Waals surface area contributed by atoms with Crippen molar-refractivity contribution >= 4 is 19.4 Å². The Labute approximate surface area is 124 Å². The summed E-state index contributed by atoms with van der Waals surface area (Å²) in [6.07, 6.45) is 1.64. The second-order valence-electron chi connectivity index (χ2n) is 5.85. The molecular weight excluding hydrogens is 271 g/mol. The maximum atomic E-state index is 12.0. The Morgan fingerprint density at radius 3 is 2.76 bits per heavy atom. The van der Waals surface area contributed by atoms with Crippen LogP contribution in [0.15, 0.2) is 18.2 Å². The van der Waals surface area contributed by atoms with Crippen molar-refractivity contribution in [2.24, 2.45) is 5.41 Å². The van der Waals surface area contributed by atoms with Gasteiger partial charge in [0, 0.05) is 0 Å². The number of fused-ring (bicyclic) bond motifs is 1. The topological polar surface area (TPSA) is 61.8 Å². The number of carbonyl (C=O) groups excluding carboxylic acids is 2. The summed E-state index contributed by atoms with van der Waals surface area (Å²) in [7, 11) is 1.67. The van der Waals surface area contributed by atoms with Crippen LogP contribution >= 0.6 is 0 Å². The highest BCUT2D eigenvalue weighted by Crippen LogP contribution is 2.29. The van der Waals surface area contributed by atoms with Crippen LogP contribution in [0.5, 0.6) is 5.75 Å². The minimum Gasteiger partial charge on any atom is -0.562 e. The molecule has 1 aromatic rings. The predicted molar refractivity (Wildman–Crippen MR) is 77.2 cm³/mol. The van der Waals surface area contributed by atoms with Gasteiger partial charge < -0.3 is 14.1 Å². The van der Waals surface area contributed by atoms with Gasteiger partial charge in [0.2, 0.25) is 6.79 Å². The predicted octanol–water partition coefficient (Wildman–Crippen LogP) is 2.36. The van der Waals surface area contributed by atoms with Gasteiger partial charge in [-0.15, -0.1) is 0 Å². The first-order chi connectivity index (χ1) is 9.89. The SMILES string of the molecule is CC(C)(C)C(=O)OCOC(=O)c1cccc2c1O[B]CC2.